The van der Waals surface area contributed by atoms with Crippen molar-refractivity contribution in [3.8, 4) is 0 Å². The molecule has 2 heteroatoms. The van der Waals surface area contributed by atoms with Gasteiger partial charge in [0.2, 0.25) is 0 Å². The summed E-state index contributed by atoms with van der Waals surface area (Å²) < 4.78 is 6.07. The van der Waals surface area contributed by atoms with E-state index in [4.69, 9.17) is 4.74 Å². The van der Waals surface area contributed by atoms with Crippen LogP contribution in [0.25, 0.3) is 0 Å². The van der Waals surface area contributed by atoms with Crippen molar-refractivity contribution < 1.29 is 4.74 Å². The summed E-state index contributed by atoms with van der Waals surface area (Å²) in [5.74, 6) is 0.911. The third kappa shape index (κ3) is 5.31. The summed E-state index contributed by atoms with van der Waals surface area (Å²) in [6.45, 7) is 9.97. The van der Waals surface area contributed by atoms with Gasteiger partial charge in [0.25, 0.3) is 0 Å². The zero-order chi connectivity index (χ0) is 12.0. The molecular weight excluding hydrogens is 198 g/mol. The molecule has 2 nitrogen and oxygen atoms in total. The van der Waals surface area contributed by atoms with E-state index in [-0.39, 0.29) is 0 Å². The molecule has 0 saturated heterocycles. The molecule has 16 heavy (non-hydrogen) atoms. The SMILES string of the molecule is CCC(C)NCC(C)OC1CCC(C)CC1. The lowest BCUT2D eigenvalue weighted by atomic mass is 9.89. The van der Waals surface area contributed by atoms with Gasteiger partial charge in [-0.05, 0) is 51.9 Å². The van der Waals surface area contributed by atoms with Crippen LogP contribution in [0.5, 0.6) is 0 Å². The minimum atomic E-state index is 0.354. The van der Waals surface area contributed by atoms with Crippen LogP contribution in [-0.2, 0) is 4.74 Å². The fraction of sp³-hybridized carbons (Fsp3) is 1.00. The van der Waals surface area contributed by atoms with E-state index in [0.29, 0.717) is 18.2 Å². The molecule has 1 rings (SSSR count). The van der Waals surface area contributed by atoms with Gasteiger partial charge in [-0.1, -0.05) is 13.8 Å². The van der Waals surface area contributed by atoms with Crippen LogP contribution in [0, 0.1) is 5.92 Å². The third-order valence-electron chi connectivity index (χ3n) is 3.75. The molecule has 0 aromatic rings. The Balaban J connectivity index is 2.11. The second-order valence-corrected chi connectivity index (χ2v) is 5.55. The van der Waals surface area contributed by atoms with Gasteiger partial charge in [-0.25, -0.2) is 0 Å². The molecule has 96 valence electrons. The summed E-state index contributed by atoms with van der Waals surface area (Å²) in [6.07, 6.45) is 7.27. The summed E-state index contributed by atoms with van der Waals surface area (Å²) in [6, 6.07) is 0.609. The highest BCUT2D eigenvalue weighted by molar-refractivity contribution is 4.72. The van der Waals surface area contributed by atoms with Crippen molar-refractivity contribution in [2.24, 2.45) is 5.92 Å². The smallest absolute Gasteiger partial charge is 0.0675 e. The minimum Gasteiger partial charge on any atom is -0.374 e. The molecule has 0 aromatic heterocycles. The highest BCUT2D eigenvalue weighted by Gasteiger charge is 2.20. The summed E-state index contributed by atoms with van der Waals surface area (Å²) in [5.41, 5.74) is 0. The number of rotatable bonds is 6. The first-order valence-electron chi connectivity index (χ1n) is 7.00. The lowest BCUT2D eigenvalue weighted by Crippen LogP contribution is -2.36. The molecule has 0 aliphatic heterocycles. The predicted octanol–water partition coefficient (Wildman–Crippen LogP) is 3.36. The van der Waals surface area contributed by atoms with Crippen molar-refractivity contribution in [2.75, 3.05) is 6.54 Å². The lowest BCUT2D eigenvalue weighted by molar-refractivity contribution is -0.0267. The molecule has 0 amide bonds. The monoisotopic (exact) mass is 227 g/mol. The molecule has 1 fully saturated rings. The highest BCUT2D eigenvalue weighted by atomic mass is 16.5. The molecule has 0 radical (unpaired) electrons. The first kappa shape index (κ1) is 14.0. The van der Waals surface area contributed by atoms with Crippen LogP contribution in [0.1, 0.15) is 59.8 Å². The molecule has 2 unspecified atom stereocenters. The van der Waals surface area contributed by atoms with Gasteiger partial charge in [0.15, 0.2) is 0 Å². The van der Waals surface area contributed by atoms with Crippen LogP contribution in [0.3, 0.4) is 0 Å². The van der Waals surface area contributed by atoms with E-state index in [9.17, 15) is 0 Å². The lowest BCUT2D eigenvalue weighted by Gasteiger charge is -2.29. The van der Waals surface area contributed by atoms with E-state index in [1.54, 1.807) is 0 Å². The Labute approximate surface area is 101 Å². The first-order chi connectivity index (χ1) is 7.61. The van der Waals surface area contributed by atoms with Crippen LogP contribution >= 0.6 is 0 Å². The van der Waals surface area contributed by atoms with Gasteiger partial charge in [-0.2, -0.15) is 0 Å². The average molecular weight is 227 g/mol. The molecule has 2 atom stereocenters. The Morgan fingerprint density at radius 3 is 2.38 bits per heavy atom. The van der Waals surface area contributed by atoms with Crippen molar-refractivity contribution in [1.29, 1.82) is 0 Å². The van der Waals surface area contributed by atoms with E-state index >= 15 is 0 Å². The van der Waals surface area contributed by atoms with Crippen LogP contribution in [0.2, 0.25) is 0 Å². The van der Waals surface area contributed by atoms with Crippen LogP contribution in [0.4, 0.5) is 0 Å². The summed E-state index contributed by atoms with van der Waals surface area (Å²) in [7, 11) is 0. The van der Waals surface area contributed by atoms with Crippen LogP contribution in [0.15, 0.2) is 0 Å². The molecule has 0 heterocycles. The van der Waals surface area contributed by atoms with Gasteiger partial charge in [0.1, 0.15) is 0 Å². The van der Waals surface area contributed by atoms with Gasteiger partial charge in [-0.15, -0.1) is 0 Å². The topological polar surface area (TPSA) is 21.3 Å². The van der Waals surface area contributed by atoms with Crippen molar-refractivity contribution in [2.45, 2.75) is 78.0 Å². The Morgan fingerprint density at radius 2 is 1.81 bits per heavy atom. The molecule has 1 saturated carbocycles. The van der Waals surface area contributed by atoms with Gasteiger partial charge in [-0.3, -0.25) is 0 Å². The third-order valence-corrected chi connectivity index (χ3v) is 3.75. The Morgan fingerprint density at radius 1 is 1.19 bits per heavy atom. The normalized spacial score (nSPS) is 30.0. The zero-order valence-electron chi connectivity index (χ0n) is 11.5. The van der Waals surface area contributed by atoms with Crippen LogP contribution in [-0.4, -0.2) is 24.8 Å². The van der Waals surface area contributed by atoms with E-state index in [1.807, 2.05) is 0 Å². The summed E-state index contributed by atoms with van der Waals surface area (Å²) >= 11 is 0. The molecule has 1 N–H and O–H groups in total. The van der Waals surface area contributed by atoms with Gasteiger partial charge in [0.05, 0.1) is 12.2 Å². The van der Waals surface area contributed by atoms with E-state index in [0.717, 1.165) is 12.5 Å². The van der Waals surface area contributed by atoms with Gasteiger partial charge < -0.3 is 10.1 Å². The van der Waals surface area contributed by atoms with Gasteiger partial charge >= 0.3 is 0 Å². The van der Waals surface area contributed by atoms with Crippen molar-refractivity contribution in [3.63, 3.8) is 0 Å². The maximum atomic E-state index is 6.07. The molecular formula is C14H29NO. The fourth-order valence-electron chi connectivity index (χ4n) is 2.25. The number of hydrogen-bond donors (Lipinski definition) is 1. The van der Waals surface area contributed by atoms with Crippen molar-refractivity contribution >= 4 is 0 Å². The maximum Gasteiger partial charge on any atom is 0.0675 e. The van der Waals surface area contributed by atoms with E-state index in [1.165, 1.54) is 32.1 Å². The number of hydrogen-bond acceptors (Lipinski definition) is 2. The van der Waals surface area contributed by atoms with Crippen molar-refractivity contribution in [1.82, 2.24) is 5.32 Å². The van der Waals surface area contributed by atoms with Gasteiger partial charge in [0, 0.05) is 12.6 Å². The van der Waals surface area contributed by atoms with Crippen LogP contribution < -0.4 is 5.32 Å². The fourth-order valence-corrected chi connectivity index (χ4v) is 2.25. The Kier molecular flexibility index (Phi) is 6.37. The van der Waals surface area contributed by atoms with E-state index < -0.39 is 0 Å². The first-order valence-corrected chi connectivity index (χ1v) is 7.00. The highest BCUT2D eigenvalue weighted by Crippen LogP contribution is 2.26. The maximum absolute atomic E-state index is 6.07. The Hall–Kier alpha value is -0.0800. The van der Waals surface area contributed by atoms with Crippen molar-refractivity contribution in [3.05, 3.63) is 0 Å². The largest absolute Gasteiger partial charge is 0.374 e. The summed E-state index contributed by atoms with van der Waals surface area (Å²) in [4.78, 5) is 0. The standard InChI is InChI=1S/C14H29NO/c1-5-12(3)15-10-13(4)16-14-8-6-11(2)7-9-14/h11-15H,5-10H2,1-4H3. The minimum absolute atomic E-state index is 0.354. The number of nitrogens with one attached hydrogen (secondary N) is 1. The molecule has 0 bridgehead atoms. The second kappa shape index (κ2) is 7.29. The summed E-state index contributed by atoms with van der Waals surface area (Å²) in [5, 5.41) is 3.51. The molecule has 0 spiro atoms. The second-order valence-electron chi connectivity index (χ2n) is 5.55. The molecule has 0 aromatic carbocycles. The van der Waals surface area contributed by atoms with E-state index in [2.05, 4.69) is 33.0 Å². The molecule has 1 aliphatic carbocycles. The number of ether oxygens (including phenoxy) is 1. The Bertz CT molecular complexity index is 176. The zero-order valence-corrected chi connectivity index (χ0v) is 11.5. The predicted molar refractivity (Wildman–Crippen MR) is 69.7 cm³/mol. The quantitative estimate of drug-likeness (QED) is 0.751. The molecule has 1 aliphatic rings. The average Bonchev–Trinajstić information content (AvgIpc) is 2.29.